The van der Waals surface area contributed by atoms with Crippen LogP contribution >= 0.6 is 0 Å². The van der Waals surface area contributed by atoms with E-state index in [4.69, 9.17) is 0 Å². The molecule has 0 saturated carbocycles. The van der Waals surface area contributed by atoms with Gasteiger partial charge in [0, 0.05) is 0 Å². The lowest BCUT2D eigenvalue weighted by Gasteiger charge is -2.15. The Balaban J connectivity index is 1.83. The fraction of sp³-hybridized carbons (Fsp3) is 0.0588. The Morgan fingerprint density at radius 2 is 1.60 bits per heavy atom. The molecule has 0 spiro atoms. The molecule has 1 heterocycles. The molecule has 4 rings (SSSR count). The molecule has 3 nitrogen and oxygen atoms in total. The molecule has 0 atom stereocenters. The van der Waals surface area contributed by atoms with E-state index < -0.39 is 0 Å². The number of carbonyl (C=O) groups excluding carboxylic acids is 2. The Bertz CT molecular complexity index is 754. The average Bonchev–Trinajstić information content (AvgIpc) is 3.03. The molecule has 0 unspecified atom stereocenters. The van der Waals surface area contributed by atoms with Gasteiger partial charge in [0.15, 0.2) is 0 Å². The van der Waals surface area contributed by atoms with Gasteiger partial charge in [0.2, 0.25) is 0 Å². The standard InChI is InChI=1S/C17H11NO2/c19-16-14-6-1-2-7-15(14)17(20)18(16)13-9-8-11-4-3-5-12(11)10-13/h1-3,5-10H,4H2. The lowest BCUT2D eigenvalue weighted by molar-refractivity contribution is 0.0926. The smallest absolute Gasteiger partial charge is 0.266 e. The first-order chi connectivity index (χ1) is 9.75. The van der Waals surface area contributed by atoms with Crippen LogP contribution in [0.25, 0.3) is 6.08 Å². The first-order valence-electron chi connectivity index (χ1n) is 6.53. The zero-order valence-corrected chi connectivity index (χ0v) is 10.7. The summed E-state index contributed by atoms with van der Waals surface area (Å²) in [6.07, 6.45) is 5.02. The third-order valence-corrected chi connectivity index (χ3v) is 3.82. The molecule has 2 aliphatic rings. The number of hydrogen-bond acceptors (Lipinski definition) is 2. The number of fused-ring (bicyclic) bond motifs is 2. The van der Waals surface area contributed by atoms with Crippen LogP contribution in [-0.2, 0) is 6.42 Å². The number of hydrogen-bond donors (Lipinski definition) is 0. The normalized spacial score (nSPS) is 15.7. The van der Waals surface area contributed by atoms with E-state index in [0.717, 1.165) is 12.0 Å². The molecule has 2 amide bonds. The summed E-state index contributed by atoms with van der Waals surface area (Å²) in [5.74, 6) is -0.486. The van der Waals surface area contributed by atoms with Gasteiger partial charge < -0.3 is 0 Å². The lowest BCUT2D eigenvalue weighted by atomic mass is 10.1. The summed E-state index contributed by atoms with van der Waals surface area (Å²) in [7, 11) is 0. The maximum Gasteiger partial charge on any atom is 0.266 e. The number of carbonyl (C=O) groups is 2. The fourth-order valence-corrected chi connectivity index (χ4v) is 2.80. The number of amides is 2. The van der Waals surface area contributed by atoms with E-state index in [0.29, 0.717) is 16.8 Å². The molecule has 0 fully saturated rings. The van der Waals surface area contributed by atoms with Crippen molar-refractivity contribution in [2.24, 2.45) is 0 Å². The molecule has 96 valence electrons. The minimum Gasteiger partial charge on any atom is -0.268 e. The molecular formula is C17H11NO2. The SMILES string of the molecule is O=C1c2ccccc2C(=O)N1c1ccc2c(c1)C=CC2. The summed E-state index contributed by atoms with van der Waals surface area (Å²) in [5.41, 5.74) is 3.91. The van der Waals surface area contributed by atoms with Crippen molar-refractivity contribution >= 4 is 23.6 Å². The van der Waals surface area contributed by atoms with Crippen LogP contribution < -0.4 is 4.90 Å². The number of nitrogens with zero attached hydrogens (tertiary/aromatic N) is 1. The van der Waals surface area contributed by atoms with Crippen molar-refractivity contribution in [2.45, 2.75) is 6.42 Å². The second-order valence-electron chi connectivity index (χ2n) is 4.98. The van der Waals surface area contributed by atoms with Crippen LogP contribution in [0.4, 0.5) is 5.69 Å². The number of allylic oxidation sites excluding steroid dienone is 1. The molecule has 2 aromatic rings. The number of rotatable bonds is 1. The van der Waals surface area contributed by atoms with Crippen LogP contribution in [0.15, 0.2) is 48.5 Å². The van der Waals surface area contributed by atoms with Gasteiger partial charge in [0.1, 0.15) is 0 Å². The highest BCUT2D eigenvalue weighted by molar-refractivity contribution is 6.34. The minimum absolute atomic E-state index is 0.243. The van der Waals surface area contributed by atoms with E-state index >= 15 is 0 Å². The zero-order valence-electron chi connectivity index (χ0n) is 10.7. The molecule has 1 aliphatic carbocycles. The third kappa shape index (κ3) is 1.40. The molecule has 3 heteroatoms. The van der Waals surface area contributed by atoms with Crippen molar-refractivity contribution < 1.29 is 9.59 Å². The molecule has 0 radical (unpaired) electrons. The Kier molecular flexibility index (Phi) is 2.18. The number of imide groups is 1. The highest BCUT2D eigenvalue weighted by Gasteiger charge is 2.36. The molecule has 0 bridgehead atoms. The first-order valence-corrected chi connectivity index (χ1v) is 6.53. The second kappa shape index (κ2) is 3.90. The van der Waals surface area contributed by atoms with Gasteiger partial charge in [0.05, 0.1) is 16.8 Å². The summed E-state index contributed by atoms with van der Waals surface area (Å²) in [5, 5.41) is 0. The Morgan fingerprint density at radius 1 is 0.900 bits per heavy atom. The van der Waals surface area contributed by atoms with E-state index in [2.05, 4.69) is 6.08 Å². The monoisotopic (exact) mass is 261 g/mol. The molecule has 0 N–H and O–H groups in total. The van der Waals surface area contributed by atoms with Gasteiger partial charge in [-0.3, -0.25) is 9.59 Å². The van der Waals surface area contributed by atoms with Crippen LogP contribution in [0.2, 0.25) is 0 Å². The Morgan fingerprint density at radius 3 is 2.30 bits per heavy atom. The average molecular weight is 261 g/mol. The van der Waals surface area contributed by atoms with Gasteiger partial charge in [-0.15, -0.1) is 0 Å². The number of benzene rings is 2. The highest BCUT2D eigenvalue weighted by Crippen LogP contribution is 2.31. The maximum atomic E-state index is 12.4. The molecule has 0 saturated heterocycles. The van der Waals surface area contributed by atoms with E-state index in [1.165, 1.54) is 10.5 Å². The predicted octanol–water partition coefficient (Wildman–Crippen LogP) is 3.06. The summed E-state index contributed by atoms with van der Waals surface area (Å²) in [6, 6.07) is 12.7. The molecule has 0 aromatic heterocycles. The summed E-state index contributed by atoms with van der Waals surface area (Å²) in [4.78, 5) is 26.1. The van der Waals surface area contributed by atoms with Crippen LogP contribution in [-0.4, -0.2) is 11.8 Å². The van der Waals surface area contributed by atoms with Gasteiger partial charge in [0.25, 0.3) is 11.8 Å². The quantitative estimate of drug-likeness (QED) is 0.740. The van der Waals surface area contributed by atoms with Gasteiger partial charge >= 0.3 is 0 Å². The van der Waals surface area contributed by atoms with E-state index in [1.807, 2.05) is 24.3 Å². The van der Waals surface area contributed by atoms with Crippen molar-refractivity contribution in [1.82, 2.24) is 0 Å². The van der Waals surface area contributed by atoms with Crippen molar-refractivity contribution in [1.29, 1.82) is 0 Å². The van der Waals surface area contributed by atoms with Crippen LogP contribution in [0, 0.1) is 0 Å². The zero-order chi connectivity index (χ0) is 13.7. The largest absolute Gasteiger partial charge is 0.268 e. The fourth-order valence-electron chi connectivity index (χ4n) is 2.80. The third-order valence-electron chi connectivity index (χ3n) is 3.82. The van der Waals surface area contributed by atoms with Gasteiger partial charge in [-0.1, -0.05) is 30.4 Å². The molecule has 2 aromatic carbocycles. The van der Waals surface area contributed by atoms with Crippen molar-refractivity contribution in [3.8, 4) is 0 Å². The minimum atomic E-state index is -0.243. The summed E-state index contributed by atoms with van der Waals surface area (Å²) < 4.78 is 0. The van der Waals surface area contributed by atoms with Crippen LogP contribution in [0.3, 0.4) is 0 Å². The van der Waals surface area contributed by atoms with Gasteiger partial charge in [-0.05, 0) is 41.8 Å². The van der Waals surface area contributed by atoms with Crippen molar-refractivity contribution in [3.05, 3.63) is 70.8 Å². The van der Waals surface area contributed by atoms with E-state index in [9.17, 15) is 9.59 Å². The van der Waals surface area contributed by atoms with Crippen LogP contribution in [0.5, 0.6) is 0 Å². The van der Waals surface area contributed by atoms with Gasteiger partial charge in [-0.25, -0.2) is 4.90 Å². The topological polar surface area (TPSA) is 37.4 Å². The molecule has 1 aliphatic heterocycles. The lowest BCUT2D eigenvalue weighted by Crippen LogP contribution is -2.29. The Hall–Kier alpha value is -2.68. The van der Waals surface area contributed by atoms with E-state index in [-0.39, 0.29) is 11.8 Å². The predicted molar refractivity (Wildman–Crippen MR) is 76.8 cm³/mol. The summed E-state index contributed by atoms with van der Waals surface area (Å²) in [6.45, 7) is 0. The molecular weight excluding hydrogens is 250 g/mol. The Labute approximate surface area is 116 Å². The molecule has 20 heavy (non-hydrogen) atoms. The number of anilines is 1. The van der Waals surface area contributed by atoms with Crippen LogP contribution in [0.1, 0.15) is 31.8 Å². The van der Waals surface area contributed by atoms with E-state index in [1.54, 1.807) is 24.3 Å². The van der Waals surface area contributed by atoms with Crippen molar-refractivity contribution in [3.63, 3.8) is 0 Å². The highest BCUT2D eigenvalue weighted by atomic mass is 16.2. The second-order valence-corrected chi connectivity index (χ2v) is 4.98. The van der Waals surface area contributed by atoms with Gasteiger partial charge in [-0.2, -0.15) is 0 Å². The van der Waals surface area contributed by atoms with Crippen molar-refractivity contribution in [2.75, 3.05) is 4.90 Å². The maximum absolute atomic E-state index is 12.4. The summed E-state index contributed by atoms with van der Waals surface area (Å²) >= 11 is 0. The first kappa shape index (κ1) is 11.2.